The van der Waals surface area contributed by atoms with Crippen molar-refractivity contribution >= 4 is 12.6 Å². The van der Waals surface area contributed by atoms with Crippen LogP contribution in [0.1, 0.15) is 19.3 Å². The fourth-order valence-corrected chi connectivity index (χ4v) is 3.09. The standard InChI is InChI=1S/C8H11NS/c9-4-6-1-5-2-7(6)8(10)3-5/h5-8,10H,1-3H2. The number of fused-ring (bicyclic) bond motifs is 2. The van der Waals surface area contributed by atoms with Gasteiger partial charge in [0.05, 0.1) is 12.0 Å². The molecule has 0 radical (unpaired) electrons. The molecular weight excluding hydrogens is 142 g/mol. The van der Waals surface area contributed by atoms with Crippen molar-refractivity contribution in [3.63, 3.8) is 0 Å². The Morgan fingerprint density at radius 3 is 2.50 bits per heavy atom. The largest absolute Gasteiger partial charge is 0.198 e. The van der Waals surface area contributed by atoms with E-state index in [0.29, 0.717) is 17.1 Å². The minimum Gasteiger partial charge on any atom is -0.198 e. The first-order valence-electron chi connectivity index (χ1n) is 3.89. The van der Waals surface area contributed by atoms with Crippen molar-refractivity contribution in [1.82, 2.24) is 0 Å². The molecule has 2 rings (SSSR count). The number of hydrogen-bond donors (Lipinski definition) is 1. The Hall–Kier alpha value is -0.160. The SMILES string of the molecule is N#CC1CC2CC(S)C1C2. The second kappa shape index (κ2) is 2.17. The molecule has 2 aliphatic carbocycles. The maximum absolute atomic E-state index is 8.72. The third-order valence-corrected chi connectivity index (χ3v) is 3.54. The van der Waals surface area contributed by atoms with E-state index in [1.807, 2.05) is 0 Å². The van der Waals surface area contributed by atoms with Crippen molar-refractivity contribution < 1.29 is 0 Å². The lowest BCUT2D eigenvalue weighted by molar-refractivity contribution is 0.415. The number of rotatable bonds is 0. The molecule has 4 atom stereocenters. The predicted octanol–water partition coefficient (Wildman–Crippen LogP) is 1.85. The first kappa shape index (κ1) is 6.54. The van der Waals surface area contributed by atoms with E-state index in [1.54, 1.807) is 0 Å². The fourth-order valence-electron chi connectivity index (χ4n) is 2.46. The Morgan fingerprint density at radius 1 is 1.30 bits per heavy atom. The summed E-state index contributed by atoms with van der Waals surface area (Å²) in [6.45, 7) is 0. The zero-order valence-corrected chi connectivity index (χ0v) is 6.72. The molecule has 0 amide bonds. The Kier molecular flexibility index (Phi) is 1.42. The number of thiol groups is 1. The Bertz CT molecular complexity index is 184. The van der Waals surface area contributed by atoms with Crippen molar-refractivity contribution in [3.05, 3.63) is 0 Å². The molecule has 54 valence electrons. The van der Waals surface area contributed by atoms with Crippen LogP contribution < -0.4 is 0 Å². The molecule has 1 nitrogen and oxygen atoms in total. The minimum absolute atomic E-state index is 0.334. The van der Waals surface area contributed by atoms with Crippen molar-refractivity contribution in [3.8, 4) is 6.07 Å². The average Bonchev–Trinajstić information content (AvgIpc) is 2.44. The molecule has 2 fully saturated rings. The van der Waals surface area contributed by atoms with Crippen molar-refractivity contribution in [2.45, 2.75) is 24.5 Å². The summed E-state index contributed by atoms with van der Waals surface area (Å²) in [4.78, 5) is 0. The number of hydrogen-bond acceptors (Lipinski definition) is 2. The summed E-state index contributed by atoms with van der Waals surface area (Å²) in [5, 5.41) is 9.25. The maximum atomic E-state index is 8.72. The quantitative estimate of drug-likeness (QED) is 0.528. The summed E-state index contributed by atoms with van der Waals surface area (Å²) in [6, 6.07) is 2.38. The molecule has 0 aromatic rings. The van der Waals surface area contributed by atoms with Gasteiger partial charge < -0.3 is 0 Å². The van der Waals surface area contributed by atoms with E-state index in [4.69, 9.17) is 5.26 Å². The van der Waals surface area contributed by atoms with Crippen LogP contribution >= 0.6 is 12.6 Å². The summed E-state index contributed by atoms with van der Waals surface area (Å²) in [5.74, 6) is 1.79. The highest BCUT2D eigenvalue weighted by Gasteiger charge is 2.44. The molecule has 10 heavy (non-hydrogen) atoms. The van der Waals surface area contributed by atoms with Crippen molar-refractivity contribution in [1.29, 1.82) is 5.26 Å². The maximum Gasteiger partial charge on any atom is 0.0659 e. The highest BCUT2D eigenvalue weighted by Crippen LogP contribution is 2.50. The van der Waals surface area contributed by atoms with Gasteiger partial charge in [0.15, 0.2) is 0 Å². The minimum atomic E-state index is 0.334. The van der Waals surface area contributed by atoms with Gasteiger partial charge in [0.25, 0.3) is 0 Å². The van der Waals surface area contributed by atoms with Crippen LogP contribution in [0.3, 0.4) is 0 Å². The predicted molar refractivity (Wildman–Crippen MR) is 42.7 cm³/mol. The van der Waals surface area contributed by atoms with Gasteiger partial charge in [-0.25, -0.2) is 0 Å². The monoisotopic (exact) mass is 153 g/mol. The molecule has 0 heterocycles. The third kappa shape index (κ3) is 0.769. The molecule has 0 spiro atoms. The molecule has 0 aromatic heterocycles. The molecule has 2 bridgehead atoms. The normalized spacial score (nSPS) is 51.2. The topological polar surface area (TPSA) is 23.8 Å². The highest BCUT2D eigenvalue weighted by atomic mass is 32.1. The first-order valence-corrected chi connectivity index (χ1v) is 4.40. The summed E-state index contributed by atoms with van der Waals surface area (Å²) >= 11 is 4.46. The van der Waals surface area contributed by atoms with E-state index in [2.05, 4.69) is 18.7 Å². The van der Waals surface area contributed by atoms with Gasteiger partial charge >= 0.3 is 0 Å². The fraction of sp³-hybridized carbons (Fsp3) is 0.875. The van der Waals surface area contributed by atoms with Crippen LogP contribution in [0.4, 0.5) is 0 Å². The van der Waals surface area contributed by atoms with Crippen LogP contribution in [-0.4, -0.2) is 5.25 Å². The van der Waals surface area contributed by atoms with Crippen LogP contribution in [0.5, 0.6) is 0 Å². The Balaban J connectivity index is 2.14. The number of nitrogens with zero attached hydrogens (tertiary/aromatic N) is 1. The van der Waals surface area contributed by atoms with Crippen LogP contribution in [-0.2, 0) is 0 Å². The van der Waals surface area contributed by atoms with Gasteiger partial charge in [-0.3, -0.25) is 0 Å². The Morgan fingerprint density at radius 2 is 2.10 bits per heavy atom. The summed E-state index contributed by atoms with van der Waals surface area (Å²) < 4.78 is 0. The van der Waals surface area contributed by atoms with Gasteiger partial charge in [-0.1, -0.05) is 0 Å². The summed E-state index contributed by atoms with van der Waals surface area (Å²) in [6.07, 6.45) is 3.68. The molecule has 2 heteroatoms. The molecule has 0 N–H and O–H groups in total. The van der Waals surface area contributed by atoms with E-state index in [9.17, 15) is 0 Å². The molecule has 4 unspecified atom stereocenters. The van der Waals surface area contributed by atoms with Crippen molar-refractivity contribution in [2.24, 2.45) is 17.8 Å². The van der Waals surface area contributed by atoms with Crippen LogP contribution in [0.2, 0.25) is 0 Å². The van der Waals surface area contributed by atoms with Gasteiger partial charge in [-0.15, -0.1) is 0 Å². The van der Waals surface area contributed by atoms with Crippen LogP contribution in [0.25, 0.3) is 0 Å². The van der Waals surface area contributed by atoms with E-state index < -0.39 is 0 Å². The second-order valence-corrected chi connectivity index (χ2v) is 4.20. The van der Waals surface area contributed by atoms with E-state index in [0.717, 1.165) is 12.3 Å². The third-order valence-electron chi connectivity index (χ3n) is 2.94. The van der Waals surface area contributed by atoms with Gasteiger partial charge in [0, 0.05) is 5.25 Å². The second-order valence-electron chi connectivity index (χ2n) is 3.54. The van der Waals surface area contributed by atoms with Crippen LogP contribution in [0, 0.1) is 29.1 Å². The lowest BCUT2D eigenvalue weighted by Gasteiger charge is -2.20. The van der Waals surface area contributed by atoms with Gasteiger partial charge in [0.2, 0.25) is 0 Å². The van der Waals surface area contributed by atoms with Gasteiger partial charge in [-0.05, 0) is 31.1 Å². The molecule has 0 aliphatic heterocycles. The molecule has 0 aromatic carbocycles. The summed E-state index contributed by atoms with van der Waals surface area (Å²) in [7, 11) is 0. The van der Waals surface area contributed by atoms with E-state index in [-0.39, 0.29) is 0 Å². The molecule has 0 saturated heterocycles. The highest BCUT2D eigenvalue weighted by molar-refractivity contribution is 7.81. The van der Waals surface area contributed by atoms with Gasteiger partial charge in [0.1, 0.15) is 0 Å². The zero-order valence-electron chi connectivity index (χ0n) is 5.83. The van der Waals surface area contributed by atoms with Crippen LogP contribution in [0.15, 0.2) is 0 Å². The zero-order chi connectivity index (χ0) is 7.14. The van der Waals surface area contributed by atoms with Crippen molar-refractivity contribution in [2.75, 3.05) is 0 Å². The molecule has 2 aliphatic rings. The lowest BCUT2D eigenvalue weighted by Crippen LogP contribution is -2.18. The lowest BCUT2D eigenvalue weighted by atomic mass is 9.90. The number of nitriles is 1. The smallest absolute Gasteiger partial charge is 0.0659 e. The van der Waals surface area contributed by atoms with E-state index >= 15 is 0 Å². The average molecular weight is 153 g/mol. The van der Waals surface area contributed by atoms with E-state index in [1.165, 1.54) is 12.8 Å². The summed E-state index contributed by atoms with van der Waals surface area (Å²) in [5.41, 5.74) is 0. The molecule has 2 saturated carbocycles. The van der Waals surface area contributed by atoms with Gasteiger partial charge in [-0.2, -0.15) is 17.9 Å². The molecular formula is C8H11NS. The first-order chi connectivity index (χ1) is 4.81. The Labute approximate surface area is 66.8 Å².